The van der Waals surface area contributed by atoms with Crippen molar-refractivity contribution in [3.63, 3.8) is 0 Å². The third kappa shape index (κ3) is 2.54. The second-order valence-corrected chi connectivity index (χ2v) is 2.74. The summed E-state index contributed by atoms with van der Waals surface area (Å²) in [5.74, 6) is -0.498. The Bertz CT molecular complexity index is 158. The number of carbonyl (C=O) groups is 2. The standard InChI is InChI=1S/C5H7Cl2NO2/c1-3(6)4(9)8(2)5(7)10/h3H,1-2H3. The summed E-state index contributed by atoms with van der Waals surface area (Å²) in [4.78, 5) is 21.8. The first-order chi connectivity index (χ1) is 4.46. The molecule has 0 aliphatic carbocycles. The number of carbonyl (C=O) groups excluding carboxylic acids is 2. The quantitative estimate of drug-likeness (QED) is 0.351. The highest BCUT2D eigenvalue weighted by molar-refractivity contribution is 6.64. The third-order valence-electron chi connectivity index (χ3n) is 0.935. The van der Waals surface area contributed by atoms with Crippen LogP contribution in [0.4, 0.5) is 4.79 Å². The first-order valence-corrected chi connectivity index (χ1v) is 3.39. The van der Waals surface area contributed by atoms with Crippen LogP contribution in [-0.4, -0.2) is 28.6 Å². The normalized spacial score (nSPS) is 12.4. The second kappa shape index (κ2) is 3.78. The number of hydrogen-bond acceptors (Lipinski definition) is 2. The van der Waals surface area contributed by atoms with Crippen LogP contribution in [0.15, 0.2) is 0 Å². The van der Waals surface area contributed by atoms with E-state index < -0.39 is 16.7 Å². The van der Waals surface area contributed by atoms with E-state index in [0.29, 0.717) is 0 Å². The van der Waals surface area contributed by atoms with Gasteiger partial charge in [-0.3, -0.25) is 14.5 Å². The molecule has 0 radical (unpaired) electrons. The Balaban J connectivity index is 4.08. The van der Waals surface area contributed by atoms with E-state index in [9.17, 15) is 9.59 Å². The molecule has 58 valence electrons. The van der Waals surface area contributed by atoms with Crippen molar-refractivity contribution in [3.05, 3.63) is 0 Å². The molecular weight excluding hydrogens is 177 g/mol. The van der Waals surface area contributed by atoms with Gasteiger partial charge in [0.15, 0.2) is 0 Å². The second-order valence-electron chi connectivity index (χ2n) is 1.77. The lowest BCUT2D eigenvalue weighted by atomic mass is 10.4. The largest absolute Gasteiger partial charge is 0.322 e. The lowest BCUT2D eigenvalue weighted by molar-refractivity contribution is -0.126. The van der Waals surface area contributed by atoms with Gasteiger partial charge in [0.2, 0.25) is 5.91 Å². The molecule has 0 heterocycles. The predicted molar refractivity (Wildman–Crippen MR) is 39.3 cm³/mol. The summed E-state index contributed by atoms with van der Waals surface area (Å²) in [5, 5.41) is -1.54. The Kier molecular flexibility index (Phi) is 3.68. The number of alkyl halides is 1. The lowest BCUT2D eigenvalue weighted by Gasteiger charge is -2.11. The fourth-order valence-corrected chi connectivity index (χ4v) is 0.583. The molecule has 0 saturated carbocycles. The third-order valence-corrected chi connectivity index (χ3v) is 1.37. The summed E-state index contributed by atoms with van der Waals surface area (Å²) in [6.07, 6.45) is 0. The van der Waals surface area contributed by atoms with Crippen LogP contribution >= 0.6 is 23.2 Å². The van der Waals surface area contributed by atoms with E-state index in [4.69, 9.17) is 23.2 Å². The van der Waals surface area contributed by atoms with Gasteiger partial charge in [-0.15, -0.1) is 11.6 Å². The molecule has 0 aromatic carbocycles. The van der Waals surface area contributed by atoms with Gasteiger partial charge in [-0.2, -0.15) is 0 Å². The van der Waals surface area contributed by atoms with Crippen molar-refractivity contribution in [1.29, 1.82) is 0 Å². The van der Waals surface area contributed by atoms with Gasteiger partial charge in [0.25, 0.3) is 0 Å². The molecular formula is C5H7Cl2NO2. The molecule has 1 atom stereocenters. The monoisotopic (exact) mass is 183 g/mol. The first kappa shape index (κ1) is 9.72. The lowest BCUT2D eigenvalue weighted by Crippen LogP contribution is -2.33. The zero-order valence-corrected chi connectivity index (χ0v) is 7.11. The molecule has 10 heavy (non-hydrogen) atoms. The molecule has 0 N–H and O–H groups in total. The first-order valence-electron chi connectivity index (χ1n) is 2.58. The molecule has 0 bridgehead atoms. The molecule has 0 spiro atoms. The molecule has 0 aliphatic rings. The molecule has 2 amide bonds. The van der Waals surface area contributed by atoms with Gasteiger partial charge < -0.3 is 0 Å². The summed E-state index contributed by atoms with van der Waals surface area (Å²) in [7, 11) is 1.27. The molecule has 0 aromatic rings. The highest BCUT2D eigenvalue weighted by Gasteiger charge is 2.18. The van der Waals surface area contributed by atoms with E-state index in [1.54, 1.807) is 0 Å². The fourth-order valence-electron chi connectivity index (χ4n) is 0.353. The van der Waals surface area contributed by atoms with Crippen molar-refractivity contribution < 1.29 is 9.59 Å². The average molecular weight is 184 g/mol. The van der Waals surface area contributed by atoms with Crippen molar-refractivity contribution in [3.8, 4) is 0 Å². The van der Waals surface area contributed by atoms with Crippen LogP contribution in [0.25, 0.3) is 0 Å². The molecule has 0 saturated heterocycles. The van der Waals surface area contributed by atoms with Crippen LogP contribution < -0.4 is 0 Å². The Morgan fingerprint density at radius 2 is 1.90 bits per heavy atom. The van der Waals surface area contributed by atoms with E-state index in [2.05, 4.69) is 0 Å². The summed E-state index contributed by atoms with van der Waals surface area (Å²) in [6, 6.07) is 0. The summed E-state index contributed by atoms with van der Waals surface area (Å²) in [6.45, 7) is 1.47. The minimum atomic E-state index is -0.822. The van der Waals surface area contributed by atoms with Gasteiger partial charge in [-0.1, -0.05) is 0 Å². The van der Waals surface area contributed by atoms with E-state index in [-0.39, 0.29) is 0 Å². The van der Waals surface area contributed by atoms with Crippen molar-refractivity contribution in [2.24, 2.45) is 0 Å². The van der Waals surface area contributed by atoms with Crippen LogP contribution in [-0.2, 0) is 4.79 Å². The van der Waals surface area contributed by atoms with Crippen LogP contribution in [0.1, 0.15) is 6.92 Å². The number of halogens is 2. The van der Waals surface area contributed by atoms with Gasteiger partial charge in [-0.25, -0.2) is 0 Å². The fraction of sp³-hybridized carbons (Fsp3) is 0.600. The molecule has 1 unspecified atom stereocenters. The topological polar surface area (TPSA) is 37.4 Å². The van der Waals surface area contributed by atoms with E-state index in [1.165, 1.54) is 14.0 Å². The van der Waals surface area contributed by atoms with Crippen LogP contribution in [0.5, 0.6) is 0 Å². The van der Waals surface area contributed by atoms with Crippen molar-refractivity contribution >= 4 is 34.5 Å². The number of amides is 2. The van der Waals surface area contributed by atoms with Gasteiger partial charge >= 0.3 is 5.37 Å². The summed E-state index contributed by atoms with van der Waals surface area (Å²) < 4.78 is 0. The highest BCUT2D eigenvalue weighted by Crippen LogP contribution is 2.01. The zero-order chi connectivity index (χ0) is 8.31. The molecule has 0 aromatic heterocycles. The van der Waals surface area contributed by atoms with E-state index in [1.807, 2.05) is 0 Å². The average Bonchev–Trinajstić information content (AvgIpc) is 1.84. The Morgan fingerprint density at radius 3 is 2.00 bits per heavy atom. The Labute approximate surface area is 68.9 Å². The number of nitrogens with zero attached hydrogens (tertiary/aromatic N) is 1. The van der Waals surface area contributed by atoms with Gasteiger partial charge in [0, 0.05) is 7.05 Å². The van der Waals surface area contributed by atoms with Crippen molar-refractivity contribution in [1.82, 2.24) is 4.90 Å². The number of imide groups is 1. The SMILES string of the molecule is CC(Cl)C(=O)N(C)C(=O)Cl. The minimum absolute atomic E-state index is 0.498. The smallest absolute Gasteiger partial charge is 0.273 e. The van der Waals surface area contributed by atoms with Crippen LogP contribution in [0.2, 0.25) is 0 Å². The number of rotatable bonds is 1. The van der Waals surface area contributed by atoms with Crippen molar-refractivity contribution in [2.75, 3.05) is 7.05 Å². The molecule has 3 nitrogen and oxygen atoms in total. The zero-order valence-electron chi connectivity index (χ0n) is 5.60. The Morgan fingerprint density at radius 1 is 1.50 bits per heavy atom. The molecule has 0 fully saturated rings. The maximum atomic E-state index is 10.8. The minimum Gasteiger partial charge on any atom is -0.273 e. The summed E-state index contributed by atoms with van der Waals surface area (Å²) >= 11 is 10.3. The summed E-state index contributed by atoms with van der Waals surface area (Å²) in [5.41, 5.74) is 0. The van der Waals surface area contributed by atoms with E-state index >= 15 is 0 Å². The maximum absolute atomic E-state index is 10.8. The van der Waals surface area contributed by atoms with Gasteiger partial charge in [0.05, 0.1) is 0 Å². The molecule has 0 aliphatic heterocycles. The van der Waals surface area contributed by atoms with E-state index in [0.717, 1.165) is 4.90 Å². The maximum Gasteiger partial charge on any atom is 0.322 e. The molecule has 5 heteroatoms. The van der Waals surface area contributed by atoms with Gasteiger partial charge in [-0.05, 0) is 18.5 Å². The van der Waals surface area contributed by atoms with Crippen LogP contribution in [0, 0.1) is 0 Å². The van der Waals surface area contributed by atoms with Crippen molar-refractivity contribution in [2.45, 2.75) is 12.3 Å². The number of hydrogen-bond donors (Lipinski definition) is 0. The van der Waals surface area contributed by atoms with Gasteiger partial charge in [0.1, 0.15) is 5.38 Å². The molecule has 0 rings (SSSR count). The predicted octanol–water partition coefficient (Wildman–Crippen LogP) is 1.43. The van der Waals surface area contributed by atoms with Crippen LogP contribution in [0.3, 0.4) is 0 Å². The highest BCUT2D eigenvalue weighted by atomic mass is 35.5. The Hall–Kier alpha value is -0.280.